The lowest BCUT2D eigenvalue weighted by Crippen LogP contribution is -2.43. The molecular weight excluding hydrogens is 464 g/mol. The first-order valence-corrected chi connectivity index (χ1v) is 12.4. The molecule has 9 heteroatoms. The third kappa shape index (κ3) is 5.35. The number of fused-ring (bicyclic) bond motifs is 1. The molecule has 1 amide bonds. The number of sulfonamides is 1. The second kappa shape index (κ2) is 9.91. The van der Waals surface area contributed by atoms with Crippen molar-refractivity contribution in [1.29, 1.82) is 0 Å². The number of ether oxygens (including phenoxy) is 1. The lowest BCUT2D eigenvalue weighted by molar-refractivity contribution is -0.152. The molecule has 1 saturated heterocycles. The maximum Gasteiger partial charge on any atom is 0.310 e. The Kier molecular flexibility index (Phi) is 6.97. The van der Waals surface area contributed by atoms with Gasteiger partial charge in [-0.2, -0.15) is 4.31 Å². The van der Waals surface area contributed by atoms with E-state index in [2.05, 4.69) is 5.32 Å². The standard InChI is InChI=1S/C24H23ClN2O5S/c25-19-10-12-20(13-11-19)33(30,31)27-14-4-7-18(15-27)24(29)32-16-23(28)26-22-9-3-6-17-5-1-2-8-21(17)22/h1-3,5-6,8-13,18H,4,7,14-16H2,(H,26,28). The van der Waals surface area contributed by atoms with Crippen molar-refractivity contribution in [2.75, 3.05) is 25.0 Å². The van der Waals surface area contributed by atoms with Gasteiger partial charge in [-0.1, -0.05) is 48.0 Å². The summed E-state index contributed by atoms with van der Waals surface area (Å²) in [4.78, 5) is 25.1. The molecule has 33 heavy (non-hydrogen) atoms. The minimum atomic E-state index is -3.75. The average molecular weight is 487 g/mol. The van der Waals surface area contributed by atoms with E-state index in [0.29, 0.717) is 30.1 Å². The Morgan fingerprint density at radius 2 is 1.76 bits per heavy atom. The summed E-state index contributed by atoms with van der Waals surface area (Å²) in [5.41, 5.74) is 0.632. The topological polar surface area (TPSA) is 92.8 Å². The van der Waals surface area contributed by atoms with Gasteiger partial charge in [0.15, 0.2) is 6.61 Å². The Balaban J connectivity index is 1.35. The summed E-state index contributed by atoms with van der Waals surface area (Å²) in [5, 5.41) is 5.08. The predicted molar refractivity (Wildman–Crippen MR) is 126 cm³/mol. The zero-order valence-electron chi connectivity index (χ0n) is 17.7. The highest BCUT2D eigenvalue weighted by molar-refractivity contribution is 7.89. The van der Waals surface area contributed by atoms with Crippen molar-refractivity contribution in [3.63, 3.8) is 0 Å². The number of piperidine rings is 1. The van der Waals surface area contributed by atoms with E-state index in [1.165, 1.54) is 28.6 Å². The number of benzene rings is 3. The molecule has 1 fully saturated rings. The van der Waals surface area contributed by atoms with Crippen molar-refractivity contribution < 1.29 is 22.7 Å². The van der Waals surface area contributed by atoms with Crippen LogP contribution in [0.5, 0.6) is 0 Å². The van der Waals surface area contributed by atoms with E-state index in [0.717, 1.165) is 10.8 Å². The van der Waals surface area contributed by atoms with Crippen LogP contribution in [0.15, 0.2) is 71.6 Å². The van der Waals surface area contributed by atoms with Gasteiger partial charge < -0.3 is 10.1 Å². The highest BCUT2D eigenvalue weighted by Gasteiger charge is 2.34. The Bertz CT molecular complexity index is 1270. The molecule has 0 radical (unpaired) electrons. The lowest BCUT2D eigenvalue weighted by Gasteiger charge is -2.30. The van der Waals surface area contributed by atoms with E-state index in [9.17, 15) is 18.0 Å². The van der Waals surface area contributed by atoms with Crippen molar-refractivity contribution >= 4 is 50.0 Å². The van der Waals surface area contributed by atoms with Crippen molar-refractivity contribution in [3.8, 4) is 0 Å². The first kappa shape index (κ1) is 23.2. The number of hydrogen-bond donors (Lipinski definition) is 1. The largest absolute Gasteiger partial charge is 0.455 e. The van der Waals surface area contributed by atoms with Gasteiger partial charge in [0.05, 0.1) is 10.8 Å². The summed E-state index contributed by atoms with van der Waals surface area (Å²) < 4.78 is 32.3. The van der Waals surface area contributed by atoms with Crippen LogP contribution in [0.4, 0.5) is 5.69 Å². The molecule has 4 rings (SSSR count). The molecule has 0 bridgehead atoms. The highest BCUT2D eigenvalue weighted by Crippen LogP contribution is 2.26. The number of anilines is 1. The third-order valence-electron chi connectivity index (χ3n) is 5.58. The number of amides is 1. The summed E-state index contributed by atoms with van der Waals surface area (Å²) in [6.07, 6.45) is 1.02. The molecule has 1 N–H and O–H groups in total. The summed E-state index contributed by atoms with van der Waals surface area (Å²) in [6.45, 7) is -0.118. The molecule has 0 saturated carbocycles. The van der Waals surface area contributed by atoms with Crippen molar-refractivity contribution in [3.05, 3.63) is 71.8 Å². The fraction of sp³-hybridized carbons (Fsp3) is 0.250. The lowest BCUT2D eigenvalue weighted by atomic mass is 10.00. The maximum absolute atomic E-state index is 12.9. The van der Waals surface area contributed by atoms with Gasteiger partial charge in [0.25, 0.3) is 5.91 Å². The van der Waals surface area contributed by atoms with E-state index in [1.54, 1.807) is 6.07 Å². The molecule has 172 valence electrons. The third-order valence-corrected chi connectivity index (χ3v) is 7.71. The number of carbonyl (C=O) groups excluding carboxylic acids is 2. The summed E-state index contributed by atoms with van der Waals surface area (Å²) >= 11 is 5.85. The Labute approximate surface area is 197 Å². The summed E-state index contributed by atoms with van der Waals surface area (Å²) in [6, 6.07) is 19.1. The number of nitrogens with one attached hydrogen (secondary N) is 1. The predicted octanol–water partition coefficient (Wildman–Crippen LogP) is 4.08. The van der Waals surface area contributed by atoms with Crippen LogP contribution in [-0.2, 0) is 24.3 Å². The van der Waals surface area contributed by atoms with Gasteiger partial charge in [-0.3, -0.25) is 9.59 Å². The van der Waals surface area contributed by atoms with Crippen LogP contribution < -0.4 is 5.32 Å². The normalized spacial score (nSPS) is 16.9. The maximum atomic E-state index is 12.9. The zero-order valence-corrected chi connectivity index (χ0v) is 19.3. The molecular formula is C24H23ClN2O5S. The highest BCUT2D eigenvalue weighted by atomic mass is 35.5. The molecule has 0 aliphatic carbocycles. The molecule has 0 aromatic heterocycles. The van der Waals surface area contributed by atoms with Crippen LogP contribution in [0.25, 0.3) is 10.8 Å². The van der Waals surface area contributed by atoms with Crippen LogP contribution in [0, 0.1) is 5.92 Å². The molecule has 1 aliphatic heterocycles. The SMILES string of the molecule is O=C(COC(=O)C1CCCN(S(=O)(=O)c2ccc(Cl)cc2)C1)Nc1cccc2ccccc12. The van der Waals surface area contributed by atoms with Gasteiger partial charge in [0, 0.05) is 29.2 Å². The van der Waals surface area contributed by atoms with Crippen LogP contribution in [-0.4, -0.2) is 44.3 Å². The van der Waals surface area contributed by atoms with Gasteiger partial charge in [0.2, 0.25) is 10.0 Å². The number of rotatable bonds is 6. The smallest absolute Gasteiger partial charge is 0.310 e. The van der Waals surface area contributed by atoms with Crippen LogP contribution in [0.2, 0.25) is 5.02 Å². The van der Waals surface area contributed by atoms with Gasteiger partial charge >= 0.3 is 5.97 Å². The monoisotopic (exact) mass is 486 g/mol. The first-order chi connectivity index (χ1) is 15.8. The molecule has 1 heterocycles. The number of hydrogen-bond acceptors (Lipinski definition) is 5. The van der Waals surface area contributed by atoms with Crippen molar-refractivity contribution in [2.24, 2.45) is 5.92 Å². The van der Waals surface area contributed by atoms with Gasteiger partial charge in [-0.25, -0.2) is 8.42 Å². The second-order valence-electron chi connectivity index (χ2n) is 7.84. The molecule has 1 unspecified atom stereocenters. The minimum absolute atomic E-state index is 0.00867. The molecule has 1 atom stereocenters. The Morgan fingerprint density at radius 1 is 1.03 bits per heavy atom. The van der Waals surface area contributed by atoms with E-state index in [1.807, 2.05) is 36.4 Å². The molecule has 7 nitrogen and oxygen atoms in total. The van der Waals surface area contributed by atoms with Crippen LogP contribution in [0.1, 0.15) is 12.8 Å². The number of halogens is 1. The fourth-order valence-electron chi connectivity index (χ4n) is 3.88. The molecule has 3 aromatic carbocycles. The Hall–Kier alpha value is -2.94. The van der Waals surface area contributed by atoms with Gasteiger partial charge in [-0.05, 0) is 48.6 Å². The van der Waals surface area contributed by atoms with Gasteiger partial charge in [-0.15, -0.1) is 0 Å². The van der Waals surface area contributed by atoms with Crippen molar-refractivity contribution in [2.45, 2.75) is 17.7 Å². The minimum Gasteiger partial charge on any atom is -0.455 e. The number of esters is 1. The molecule has 1 aliphatic rings. The zero-order chi connectivity index (χ0) is 23.4. The summed E-state index contributed by atoms with van der Waals surface area (Å²) in [7, 11) is -3.75. The summed E-state index contributed by atoms with van der Waals surface area (Å²) in [5.74, 6) is -1.67. The quantitative estimate of drug-likeness (QED) is 0.530. The van der Waals surface area contributed by atoms with Crippen LogP contribution >= 0.6 is 11.6 Å². The first-order valence-electron chi connectivity index (χ1n) is 10.5. The van der Waals surface area contributed by atoms with Gasteiger partial charge in [0.1, 0.15) is 0 Å². The fourth-order valence-corrected chi connectivity index (χ4v) is 5.53. The van der Waals surface area contributed by atoms with E-state index < -0.39 is 34.4 Å². The number of nitrogens with zero attached hydrogens (tertiary/aromatic N) is 1. The van der Waals surface area contributed by atoms with E-state index >= 15 is 0 Å². The number of carbonyl (C=O) groups is 2. The van der Waals surface area contributed by atoms with Crippen LogP contribution in [0.3, 0.4) is 0 Å². The van der Waals surface area contributed by atoms with E-state index in [-0.39, 0.29) is 11.4 Å². The average Bonchev–Trinajstić information content (AvgIpc) is 2.83. The second-order valence-corrected chi connectivity index (χ2v) is 10.2. The van der Waals surface area contributed by atoms with Crippen molar-refractivity contribution in [1.82, 2.24) is 4.31 Å². The molecule has 3 aromatic rings. The molecule has 0 spiro atoms. The van der Waals surface area contributed by atoms with E-state index in [4.69, 9.17) is 16.3 Å². The Morgan fingerprint density at radius 3 is 2.55 bits per heavy atom.